The Morgan fingerprint density at radius 1 is 0.795 bits per heavy atom. The van der Waals surface area contributed by atoms with E-state index in [1.54, 1.807) is 0 Å². The maximum atomic E-state index is 15.1. The highest BCUT2D eigenvalue weighted by molar-refractivity contribution is 14.1. The lowest BCUT2D eigenvalue weighted by Gasteiger charge is -2.31. The zero-order valence-electron chi connectivity index (χ0n) is 20.6. The number of nitrogens with zero attached hydrogens (tertiary/aromatic N) is 2. The van der Waals surface area contributed by atoms with Gasteiger partial charge in [0.1, 0.15) is 0 Å². The van der Waals surface area contributed by atoms with Crippen molar-refractivity contribution >= 4 is 40.0 Å². The Morgan fingerprint density at radius 2 is 1.34 bits per heavy atom. The van der Waals surface area contributed by atoms with Crippen LogP contribution in [0.2, 0.25) is 0 Å². The number of aromatic nitrogens is 2. The van der Waals surface area contributed by atoms with Crippen molar-refractivity contribution in [3.8, 4) is 0 Å². The van der Waals surface area contributed by atoms with Gasteiger partial charge in [-0.05, 0) is 52.4 Å². The van der Waals surface area contributed by atoms with Gasteiger partial charge in [0.15, 0.2) is 11.6 Å². The Hall–Kier alpha value is -3.59. The van der Waals surface area contributed by atoms with Crippen LogP contribution >= 0.6 is 22.6 Å². The molecule has 3 aromatic rings. The second-order valence-electron chi connectivity index (χ2n) is 8.65. The molecule has 0 fully saturated rings. The first-order chi connectivity index (χ1) is 19.9. The number of carbonyl (C=O) groups is 2. The van der Waals surface area contributed by atoms with Crippen LogP contribution in [0, 0.1) is 9.39 Å². The Balaban J connectivity index is 2.00. The van der Waals surface area contributed by atoms with Gasteiger partial charge in [-0.15, -0.1) is 0 Å². The van der Waals surface area contributed by atoms with E-state index < -0.39 is 103 Å². The van der Waals surface area contributed by atoms with Gasteiger partial charge in [-0.1, -0.05) is 6.07 Å². The first-order valence-corrected chi connectivity index (χ1v) is 12.2. The van der Waals surface area contributed by atoms with Crippen molar-refractivity contribution in [3.05, 3.63) is 85.8 Å². The van der Waals surface area contributed by atoms with E-state index in [1.165, 1.54) is 0 Å². The van der Waals surface area contributed by atoms with Crippen molar-refractivity contribution in [1.29, 1.82) is 0 Å². The lowest BCUT2D eigenvalue weighted by Crippen LogP contribution is -2.50. The summed E-state index contributed by atoms with van der Waals surface area (Å²) in [7, 11) is 0. The summed E-state index contributed by atoms with van der Waals surface area (Å²) in [4.78, 5) is 31.0. The molecule has 44 heavy (non-hydrogen) atoms. The molecule has 2 aromatic carbocycles. The minimum atomic E-state index is -6.74. The molecule has 20 heteroatoms. The SMILES string of the molecule is O=C(Nc1cccc(C(=O)Cc2c(I)cc(C(F)(C(F)(F)F)C(F)(F)F)cc2C(F)(F)F)c1F)c1cnc(C(F)(F)F)nc1. The van der Waals surface area contributed by atoms with Crippen LogP contribution in [0.5, 0.6) is 0 Å². The van der Waals surface area contributed by atoms with Gasteiger partial charge in [0.25, 0.3) is 5.91 Å². The van der Waals surface area contributed by atoms with Crippen molar-refractivity contribution in [2.24, 2.45) is 0 Å². The van der Waals surface area contributed by atoms with Gasteiger partial charge in [0.2, 0.25) is 5.82 Å². The fourth-order valence-electron chi connectivity index (χ4n) is 3.64. The summed E-state index contributed by atoms with van der Waals surface area (Å²) in [5.41, 5.74) is -14.6. The Morgan fingerprint density at radius 3 is 1.82 bits per heavy atom. The van der Waals surface area contributed by atoms with E-state index in [0.29, 0.717) is 18.5 Å². The van der Waals surface area contributed by atoms with Gasteiger partial charge in [-0.25, -0.2) is 18.7 Å². The third-order valence-electron chi connectivity index (χ3n) is 5.73. The molecular weight excluding hydrogens is 755 g/mol. The summed E-state index contributed by atoms with van der Waals surface area (Å²) >= 11 is 0.859. The van der Waals surface area contributed by atoms with Crippen LogP contribution in [0.25, 0.3) is 0 Å². The molecule has 0 saturated carbocycles. The number of ketones is 1. The first-order valence-electron chi connectivity index (χ1n) is 11.1. The fourth-order valence-corrected chi connectivity index (χ4v) is 4.46. The van der Waals surface area contributed by atoms with E-state index in [4.69, 9.17) is 0 Å². The second-order valence-corrected chi connectivity index (χ2v) is 9.81. The zero-order valence-corrected chi connectivity index (χ0v) is 22.8. The predicted octanol–water partition coefficient (Wildman–Crippen LogP) is 8.23. The number of Topliss-reactive ketones (excluding diaryl/α,β-unsaturated/α-hetero) is 1. The molecule has 5 nitrogen and oxygen atoms in total. The third kappa shape index (κ3) is 6.88. The number of hydrogen-bond donors (Lipinski definition) is 1. The molecule has 0 bridgehead atoms. The van der Waals surface area contributed by atoms with Crippen molar-refractivity contribution in [2.45, 2.75) is 36.8 Å². The molecule has 1 heterocycles. The summed E-state index contributed by atoms with van der Waals surface area (Å²) in [6.45, 7) is 0. The summed E-state index contributed by atoms with van der Waals surface area (Å²) < 4.78 is 187. The quantitative estimate of drug-likeness (QED) is 0.156. The summed E-state index contributed by atoms with van der Waals surface area (Å²) in [5, 5.41) is 1.88. The summed E-state index contributed by atoms with van der Waals surface area (Å²) in [5.74, 6) is -5.97. The Labute approximate surface area is 248 Å². The summed E-state index contributed by atoms with van der Waals surface area (Å²) in [6, 6.07) is 1.54. The van der Waals surface area contributed by atoms with Gasteiger partial charge in [0.05, 0.1) is 22.4 Å². The van der Waals surface area contributed by atoms with Crippen LogP contribution < -0.4 is 5.32 Å². The van der Waals surface area contributed by atoms with Crippen molar-refractivity contribution in [3.63, 3.8) is 0 Å². The molecule has 0 aliphatic carbocycles. The predicted molar refractivity (Wildman–Crippen MR) is 128 cm³/mol. The lowest BCUT2D eigenvalue weighted by atomic mass is 9.89. The number of nitrogens with one attached hydrogen (secondary N) is 1. The maximum absolute atomic E-state index is 15.1. The van der Waals surface area contributed by atoms with E-state index >= 15 is 4.39 Å². The smallest absolute Gasteiger partial charge is 0.319 e. The van der Waals surface area contributed by atoms with Crippen molar-refractivity contribution in [2.75, 3.05) is 5.32 Å². The molecule has 1 amide bonds. The summed E-state index contributed by atoms with van der Waals surface area (Å²) in [6.07, 6.45) is -24.7. The number of halogens is 15. The van der Waals surface area contributed by atoms with Gasteiger partial charge < -0.3 is 5.32 Å². The number of benzene rings is 2. The molecule has 0 aliphatic heterocycles. The normalized spacial score (nSPS) is 13.2. The van der Waals surface area contributed by atoms with E-state index in [9.17, 15) is 66.7 Å². The van der Waals surface area contributed by atoms with Gasteiger partial charge >= 0.3 is 30.4 Å². The standard InChI is InChI=1S/C24H10F14IN3O2/c25-17-11(2-1-3-15(17)42-18(44)9-7-40-19(41-8-9)22(30,31)32)16(43)6-12-13(21(27,28)29)4-10(5-14(12)39)20(26,23(33,34)35)24(36,37)38/h1-5,7-8H,6H2,(H,42,44). The molecule has 0 aliphatic rings. The van der Waals surface area contributed by atoms with Crippen LogP contribution in [0.1, 0.15) is 43.2 Å². The van der Waals surface area contributed by atoms with Crippen LogP contribution in [0.15, 0.2) is 42.7 Å². The zero-order chi connectivity index (χ0) is 33.6. The lowest BCUT2D eigenvalue weighted by molar-refractivity contribution is -0.348. The van der Waals surface area contributed by atoms with E-state index in [1.807, 2.05) is 5.32 Å². The van der Waals surface area contributed by atoms with E-state index in [2.05, 4.69) is 9.97 Å². The molecule has 1 aromatic heterocycles. The molecular formula is C24H10F14IN3O2. The highest BCUT2D eigenvalue weighted by Gasteiger charge is 2.73. The highest BCUT2D eigenvalue weighted by Crippen LogP contribution is 2.54. The Bertz CT molecular complexity index is 1570. The molecule has 1 N–H and O–H groups in total. The Kier molecular flexibility index (Phi) is 9.30. The average Bonchev–Trinajstić information content (AvgIpc) is 2.87. The number of amides is 1. The van der Waals surface area contributed by atoms with Crippen molar-refractivity contribution < 1.29 is 71.1 Å². The second kappa shape index (κ2) is 11.7. The number of carbonyl (C=O) groups excluding carboxylic acids is 2. The molecule has 0 atom stereocenters. The van der Waals surface area contributed by atoms with Crippen LogP contribution in [0.3, 0.4) is 0 Å². The molecule has 238 valence electrons. The van der Waals surface area contributed by atoms with Gasteiger partial charge in [0, 0.05) is 27.9 Å². The molecule has 3 rings (SSSR count). The number of anilines is 1. The largest absolute Gasteiger partial charge is 0.451 e. The van der Waals surface area contributed by atoms with Gasteiger partial charge in [-0.2, -0.15) is 52.7 Å². The fraction of sp³-hybridized carbons (Fsp3) is 0.250. The van der Waals surface area contributed by atoms with Crippen LogP contribution in [-0.4, -0.2) is 34.0 Å². The van der Waals surface area contributed by atoms with Gasteiger partial charge in [-0.3, -0.25) is 9.59 Å². The maximum Gasteiger partial charge on any atom is 0.451 e. The van der Waals surface area contributed by atoms with Crippen molar-refractivity contribution in [1.82, 2.24) is 9.97 Å². The number of rotatable bonds is 6. The molecule has 0 spiro atoms. The van der Waals surface area contributed by atoms with E-state index in [-0.39, 0.29) is 6.07 Å². The van der Waals surface area contributed by atoms with E-state index in [0.717, 1.165) is 34.7 Å². The van der Waals surface area contributed by atoms with Crippen LogP contribution in [-0.2, 0) is 24.4 Å². The monoisotopic (exact) mass is 765 g/mol. The molecule has 0 radical (unpaired) electrons. The average molecular weight is 765 g/mol. The number of hydrogen-bond acceptors (Lipinski definition) is 4. The highest BCUT2D eigenvalue weighted by atomic mass is 127. The molecule has 0 unspecified atom stereocenters. The topological polar surface area (TPSA) is 72.0 Å². The van der Waals surface area contributed by atoms with Crippen LogP contribution in [0.4, 0.5) is 67.2 Å². The minimum Gasteiger partial charge on any atom is -0.319 e. The number of alkyl halides is 13. The minimum absolute atomic E-state index is 0.182. The first kappa shape index (κ1) is 34.9. The third-order valence-corrected chi connectivity index (χ3v) is 6.69. The molecule has 0 saturated heterocycles.